The second kappa shape index (κ2) is 5.98. The van der Waals surface area contributed by atoms with E-state index in [-0.39, 0.29) is 0 Å². The van der Waals surface area contributed by atoms with E-state index in [0.717, 1.165) is 34.1 Å². The molecule has 0 atom stereocenters. The van der Waals surface area contributed by atoms with Crippen LogP contribution in [0.3, 0.4) is 0 Å². The minimum absolute atomic E-state index is 0.760. The van der Waals surface area contributed by atoms with Crippen molar-refractivity contribution in [3.8, 4) is 22.3 Å². The Kier molecular flexibility index (Phi) is 3.88. The average molecular weight is 286 g/mol. The van der Waals surface area contributed by atoms with Crippen LogP contribution in [0, 0.1) is 13.8 Å². The minimum atomic E-state index is 0.760. The van der Waals surface area contributed by atoms with Gasteiger partial charge < -0.3 is 0 Å². The number of aryl methyl sites for hydroxylation is 1. The fourth-order valence-electron chi connectivity index (χ4n) is 3.01. The Balaban J connectivity index is 2.39. The van der Waals surface area contributed by atoms with Gasteiger partial charge in [-0.2, -0.15) is 0 Å². The summed E-state index contributed by atoms with van der Waals surface area (Å²) in [5.74, 6) is 0. The molecule has 0 fully saturated rings. The van der Waals surface area contributed by atoms with E-state index in [2.05, 4.69) is 31.2 Å². The van der Waals surface area contributed by atoms with E-state index in [4.69, 9.17) is 0 Å². The van der Waals surface area contributed by atoms with Gasteiger partial charge in [-0.05, 0) is 53.3 Å². The Morgan fingerprint density at radius 1 is 0.727 bits per heavy atom. The van der Waals surface area contributed by atoms with Crippen molar-refractivity contribution < 1.29 is 4.79 Å². The van der Waals surface area contributed by atoms with Crippen molar-refractivity contribution in [3.63, 3.8) is 0 Å². The first-order valence-electron chi connectivity index (χ1n) is 7.42. The molecule has 0 aliphatic carbocycles. The van der Waals surface area contributed by atoms with Crippen LogP contribution in [-0.4, -0.2) is 6.29 Å². The van der Waals surface area contributed by atoms with E-state index in [1.807, 2.05) is 49.4 Å². The highest BCUT2D eigenvalue weighted by Crippen LogP contribution is 2.38. The number of aldehydes is 1. The van der Waals surface area contributed by atoms with E-state index in [0.29, 0.717) is 0 Å². The molecule has 0 spiro atoms. The number of rotatable bonds is 3. The average Bonchev–Trinajstić information content (AvgIpc) is 2.57. The molecule has 0 N–H and O–H groups in total. The molecular weight excluding hydrogens is 268 g/mol. The summed E-state index contributed by atoms with van der Waals surface area (Å²) in [6.07, 6.45) is 0.948. The molecule has 0 amide bonds. The number of benzene rings is 3. The molecule has 108 valence electrons. The molecule has 3 aromatic carbocycles. The minimum Gasteiger partial charge on any atom is -0.298 e. The largest absolute Gasteiger partial charge is 0.298 e. The maximum atomic E-state index is 11.4. The van der Waals surface area contributed by atoms with Crippen LogP contribution in [0.2, 0.25) is 0 Å². The van der Waals surface area contributed by atoms with Gasteiger partial charge >= 0.3 is 0 Å². The summed E-state index contributed by atoms with van der Waals surface area (Å²) in [7, 11) is 0. The van der Waals surface area contributed by atoms with Gasteiger partial charge in [-0.1, -0.05) is 60.7 Å². The van der Waals surface area contributed by atoms with Gasteiger partial charge in [-0.3, -0.25) is 4.79 Å². The lowest BCUT2D eigenvalue weighted by Crippen LogP contribution is -1.98. The molecule has 0 aromatic heterocycles. The predicted octanol–water partition coefficient (Wildman–Crippen LogP) is 5.45. The molecule has 0 heterocycles. The normalized spacial score (nSPS) is 10.5. The Morgan fingerprint density at radius 3 is 1.73 bits per heavy atom. The van der Waals surface area contributed by atoms with Gasteiger partial charge in [0.05, 0.1) is 0 Å². The van der Waals surface area contributed by atoms with Crippen LogP contribution in [-0.2, 0) is 0 Å². The summed E-state index contributed by atoms with van der Waals surface area (Å²) in [5, 5.41) is 0. The van der Waals surface area contributed by atoms with Crippen LogP contribution in [0.15, 0.2) is 66.7 Å². The van der Waals surface area contributed by atoms with Crippen molar-refractivity contribution in [1.29, 1.82) is 0 Å². The molecule has 0 bridgehead atoms. The first kappa shape index (κ1) is 14.3. The standard InChI is InChI=1S/C21H18O/c1-15-13-19(14-22)16(2)21(18-11-7-4-8-12-18)20(15)17-9-5-3-6-10-17/h3-14H,1-2H3. The van der Waals surface area contributed by atoms with Crippen LogP contribution in [0.25, 0.3) is 22.3 Å². The lowest BCUT2D eigenvalue weighted by molar-refractivity contribution is 0.112. The second-order valence-electron chi connectivity index (χ2n) is 5.51. The number of hydrogen-bond acceptors (Lipinski definition) is 1. The summed E-state index contributed by atoms with van der Waals surface area (Å²) < 4.78 is 0. The Hall–Kier alpha value is -2.67. The summed E-state index contributed by atoms with van der Waals surface area (Å²) in [5.41, 5.74) is 7.59. The molecule has 3 rings (SSSR count). The third kappa shape index (κ3) is 2.46. The van der Waals surface area contributed by atoms with Crippen molar-refractivity contribution in [2.24, 2.45) is 0 Å². The van der Waals surface area contributed by atoms with Gasteiger partial charge in [0.25, 0.3) is 0 Å². The van der Waals surface area contributed by atoms with E-state index >= 15 is 0 Å². The van der Waals surface area contributed by atoms with E-state index < -0.39 is 0 Å². The summed E-state index contributed by atoms with van der Waals surface area (Å²) in [4.78, 5) is 11.4. The molecule has 0 unspecified atom stereocenters. The molecule has 1 heteroatoms. The highest BCUT2D eigenvalue weighted by molar-refractivity contribution is 5.93. The van der Waals surface area contributed by atoms with Gasteiger partial charge in [0.15, 0.2) is 0 Å². The van der Waals surface area contributed by atoms with Gasteiger partial charge in [0, 0.05) is 5.56 Å². The summed E-state index contributed by atoms with van der Waals surface area (Å²) >= 11 is 0. The van der Waals surface area contributed by atoms with Gasteiger partial charge in [-0.15, -0.1) is 0 Å². The molecular formula is C21H18O. The highest BCUT2D eigenvalue weighted by Gasteiger charge is 2.16. The zero-order valence-electron chi connectivity index (χ0n) is 12.8. The van der Waals surface area contributed by atoms with E-state index in [1.165, 1.54) is 11.1 Å². The fraction of sp³-hybridized carbons (Fsp3) is 0.0952. The van der Waals surface area contributed by atoms with Crippen LogP contribution >= 0.6 is 0 Å². The Labute approximate surface area is 131 Å². The molecule has 0 radical (unpaired) electrons. The van der Waals surface area contributed by atoms with E-state index in [9.17, 15) is 4.79 Å². The summed E-state index contributed by atoms with van der Waals surface area (Å²) in [6.45, 7) is 4.10. The SMILES string of the molecule is Cc1cc(C=O)c(C)c(-c2ccccc2)c1-c1ccccc1. The highest BCUT2D eigenvalue weighted by atomic mass is 16.1. The molecule has 22 heavy (non-hydrogen) atoms. The number of hydrogen-bond donors (Lipinski definition) is 0. The number of carbonyl (C=O) groups excluding carboxylic acids is 1. The monoisotopic (exact) mass is 286 g/mol. The molecule has 0 aliphatic heterocycles. The smallest absolute Gasteiger partial charge is 0.150 e. The van der Waals surface area contributed by atoms with Crippen LogP contribution in [0.1, 0.15) is 21.5 Å². The van der Waals surface area contributed by atoms with Crippen molar-refractivity contribution in [2.45, 2.75) is 13.8 Å². The maximum Gasteiger partial charge on any atom is 0.150 e. The first-order valence-corrected chi connectivity index (χ1v) is 7.42. The molecule has 1 nitrogen and oxygen atoms in total. The zero-order valence-corrected chi connectivity index (χ0v) is 12.8. The van der Waals surface area contributed by atoms with Gasteiger partial charge in [-0.25, -0.2) is 0 Å². The third-order valence-corrected chi connectivity index (χ3v) is 4.08. The van der Waals surface area contributed by atoms with Gasteiger partial charge in [0.2, 0.25) is 0 Å². The van der Waals surface area contributed by atoms with Crippen molar-refractivity contribution in [1.82, 2.24) is 0 Å². The van der Waals surface area contributed by atoms with Crippen LogP contribution < -0.4 is 0 Å². The quantitative estimate of drug-likeness (QED) is 0.585. The summed E-state index contributed by atoms with van der Waals surface area (Å²) in [6, 6.07) is 22.6. The molecule has 0 saturated heterocycles. The van der Waals surface area contributed by atoms with Gasteiger partial charge in [0.1, 0.15) is 6.29 Å². The predicted molar refractivity (Wildman–Crippen MR) is 92.2 cm³/mol. The number of carbonyl (C=O) groups is 1. The lowest BCUT2D eigenvalue weighted by atomic mass is 9.85. The van der Waals surface area contributed by atoms with Crippen LogP contribution in [0.5, 0.6) is 0 Å². The van der Waals surface area contributed by atoms with E-state index in [1.54, 1.807) is 0 Å². The maximum absolute atomic E-state index is 11.4. The fourth-order valence-corrected chi connectivity index (χ4v) is 3.01. The van der Waals surface area contributed by atoms with Crippen molar-refractivity contribution in [3.05, 3.63) is 83.4 Å². The van der Waals surface area contributed by atoms with Crippen molar-refractivity contribution in [2.75, 3.05) is 0 Å². The van der Waals surface area contributed by atoms with Crippen molar-refractivity contribution >= 4 is 6.29 Å². The Bertz CT molecular complexity index is 802. The second-order valence-corrected chi connectivity index (χ2v) is 5.51. The zero-order chi connectivity index (χ0) is 15.5. The lowest BCUT2D eigenvalue weighted by Gasteiger charge is -2.18. The first-order chi connectivity index (χ1) is 10.7. The molecule has 0 saturated carbocycles. The third-order valence-electron chi connectivity index (χ3n) is 4.08. The van der Waals surface area contributed by atoms with Crippen LogP contribution in [0.4, 0.5) is 0 Å². The molecule has 3 aromatic rings. The molecule has 0 aliphatic rings. The Morgan fingerprint density at radius 2 is 1.23 bits per heavy atom. The topological polar surface area (TPSA) is 17.1 Å².